The van der Waals surface area contributed by atoms with Crippen LogP contribution in [-0.4, -0.2) is 36.2 Å². The third kappa shape index (κ3) is 4.07. The number of hydrogen-bond donors (Lipinski definition) is 0. The fraction of sp³-hybridized carbons (Fsp3) is 0.308. The highest BCUT2D eigenvalue weighted by molar-refractivity contribution is 5.70. The van der Waals surface area contributed by atoms with Gasteiger partial charge in [0.15, 0.2) is 0 Å². The summed E-state index contributed by atoms with van der Waals surface area (Å²) >= 11 is 0. The Kier molecular flexibility index (Phi) is 5.33. The van der Waals surface area contributed by atoms with Gasteiger partial charge >= 0.3 is 0 Å². The minimum Gasteiger partial charge on any atom is -0.327 e. The van der Waals surface area contributed by atoms with Crippen molar-refractivity contribution >= 4 is 11.4 Å². The fourth-order valence-electron chi connectivity index (χ4n) is 4.75. The lowest BCUT2D eigenvalue weighted by Crippen LogP contribution is -2.48. The van der Waals surface area contributed by atoms with Crippen LogP contribution in [0.25, 0.3) is 0 Å². The van der Waals surface area contributed by atoms with Crippen LogP contribution in [0.15, 0.2) is 78.9 Å². The van der Waals surface area contributed by atoms with Gasteiger partial charge in [0.1, 0.15) is 0 Å². The van der Waals surface area contributed by atoms with Crippen molar-refractivity contribution in [2.45, 2.75) is 25.8 Å². The van der Waals surface area contributed by atoms with Crippen LogP contribution in [0.1, 0.15) is 23.1 Å². The molecule has 29 heavy (non-hydrogen) atoms. The molecule has 5 rings (SSSR count). The molecule has 0 atom stereocenters. The Morgan fingerprint density at radius 1 is 0.621 bits per heavy atom. The molecule has 2 aliphatic rings. The molecule has 3 nitrogen and oxygen atoms in total. The summed E-state index contributed by atoms with van der Waals surface area (Å²) in [5.41, 5.74) is 7.07. The molecule has 3 heteroatoms. The van der Waals surface area contributed by atoms with E-state index in [4.69, 9.17) is 0 Å². The lowest BCUT2D eigenvalue weighted by molar-refractivity contribution is 0.0823. The van der Waals surface area contributed by atoms with Gasteiger partial charge in [0.25, 0.3) is 0 Å². The molecule has 0 radical (unpaired) electrons. The summed E-state index contributed by atoms with van der Waals surface area (Å²) < 4.78 is 0. The van der Waals surface area contributed by atoms with E-state index < -0.39 is 0 Å². The summed E-state index contributed by atoms with van der Waals surface area (Å²) in [5, 5.41) is 0. The first-order valence-corrected chi connectivity index (χ1v) is 10.8. The van der Waals surface area contributed by atoms with Gasteiger partial charge in [0.05, 0.1) is 13.3 Å². The maximum absolute atomic E-state index is 2.60. The number of nitrogens with zero attached hydrogens (tertiary/aromatic N) is 3. The molecule has 0 amide bonds. The zero-order valence-corrected chi connectivity index (χ0v) is 17.0. The van der Waals surface area contributed by atoms with Gasteiger partial charge in [-0.3, -0.25) is 9.80 Å². The molecule has 0 aliphatic carbocycles. The molecule has 0 unspecified atom stereocenters. The molecule has 0 saturated carbocycles. The standard InChI is InChI=1S/C26H29N3/c1-2-9-22(10-3-1)19-27-17-8-18-28(20-27)21-29-25-13-6-4-11-23(25)15-16-24-12-5-7-14-26(24)29/h1-7,9-14H,8,15-21H2. The van der Waals surface area contributed by atoms with Gasteiger partial charge < -0.3 is 4.90 Å². The zero-order chi connectivity index (χ0) is 19.5. The van der Waals surface area contributed by atoms with Gasteiger partial charge in [-0.15, -0.1) is 0 Å². The number of anilines is 2. The molecular formula is C26H29N3. The lowest BCUT2D eigenvalue weighted by Gasteiger charge is -2.39. The number of para-hydroxylation sites is 2. The van der Waals surface area contributed by atoms with Crippen molar-refractivity contribution in [2.75, 3.05) is 31.3 Å². The van der Waals surface area contributed by atoms with Gasteiger partial charge in [-0.05, 0) is 48.1 Å². The maximum Gasteiger partial charge on any atom is 0.0767 e. The van der Waals surface area contributed by atoms with Gasteiger partial charge in [-0.1, -0.05) is 66.7 Å². The molecule has 2 aliphatic heterocycles. The molecular weight excluding hydrogens is 354 g/mol. The van der Waals surface area contributed by atoms with Crippen molar-refractivity contribution in [3.8, 4) is 0 Å². The highest BCUT2D eigenvalue weighted by atomic mass is 15.4. The lowest BCUT2D eigenvalue weighted by atomic mass is 10.0. The average Bonchev–Trinajstić information content (AvgIpc) is 2.92. The van der Waals surface area contributed by atoms with Crippen LogP contribution in [0.5, 0.6) is 0 Å². The molecule has 0 bridgehead atoms. The third-order valence-electron chi connectivity index (χ3n) is 6.17. The molecule has 1 saturated heterocycles. The predicted octanol–water partition coefficient (Wildman–Crippen LogP) is 5.05. The van der Waals surface area contributed by atoms with E-state index in [1.165, 1.54) is 41.0 Å². The Labute approximate surface area is 174 Å². The second kappa shape index (κ2) is 8.40. The SMILES string of the molecule is c1ccc(CN2CCCN(CN3c4ccccc4CCc4ccccc43)C2)cc1. The molecule has 3 aromatic carbocycles. The molecule has 0 spiro atoms. The van der Waals surface area contributed by atoms with E-state index in [9.17, 15) is 0 Å². The van der Waals surface area contributed by atoms with Gasteiger partial charge in [-0.2, -0.15) is 0 Å². The fourth-order valence-corrected chi connectivity index (χ4v) is 4.75. The van der Waals surface area contributed by atoms with Crippen molar-refractivity contribution in [3.05, 3.63) is 95.6 Å². The maximum atomic E-state index is 2.60. The molecule has 3 aromatic rings. The normalized spacial score (nSPS) is 17.4. The Morgan fingerprint density at radius 2 is 1.21 bits per heavy atom. The smallest absolute Gasteiger partial charge is 0.0767 e. The van der Waals surface area contributed by atoms with Crippen molar-refractivity contribution in [3.63, 3.8) is 0 Å². The van der Waals surface area contributed by atoms with Crippen molar-refractivity contribution in [1.29, 1.82) is 0 Å². The largest absolute Gasteiger partial charge is 0.327 e. The van der Waals surface area contributed by atoms with E-state index in [0.29, 0.717) is 0 Å². The Hall–Kier alpha value is -2.62. The molecule has 2 heterocycles. The Morgan fingerprint density at radius 3 is 1.90 bits per heavy atom. The van der Waals surface area contributed by atoms with Gasteiger partial charge in [0, 0.05) is 31.0 Å². The Balaban J connectivity index is 1.38. The minimum atomic E-state index is 0.944. The monoisotopic (exact) mass is 383 g/mol. The van der Waals surface area contributed by atoms with E-state index in [-0.39, 0.29) is 0 Å². The highest BCUT2D eigenvalue weighted by Crippen LogP contribution is 2.36. The molecule has 148 valence electrons. The van der Waals surface area contributed by atoms with Crippen LogP contribution < -0.4 is 4.90 Å². The Bertz CT molecular complexity index is 905. The summed E-state index contributed by atoms with van der Waals surface area (Å²) in [5.74, 6) is 0. The molecule has 1 fully saturated rings. The van der Waals surface area contributed by atoms with E-state index in [1.54, 1.807) is 0 Å². The first-order valence-electron chi connectivity index (χ1n) is 10.8. The number of aryl methyl sites for hydroxylation is 2. The topological polar surface area (TPSA) is 9.72 Å². The minimum absolute atomic E-state index is 0.944. The van der Waals surface area contributed by atoms with Crippen LogP contribution in [0.4, 0.5) is 11.4 Å². The first-order chi connectivity index (χ1) is 14.4. The highest BCUT2D eigenvalue weighted by Gasteiger charge is 2.24. The summed E-state index contributed by atoms with van der Waals surface area (Å²) in [4.78, 5) is 7.73. The van der Waals surface area contributed by atoms with E-state index >= 15 is 0 Å². The van der Waals surface area contributed by atoms with Crippen LogP contribution in [0.2, 0.25) is 0 Å². The van der Waals surface area contributed by atoms with Crippen LogP contribution in [0, 0.1) is 0 Å². The third-order valence-corrected chi connectivity index (χ3v) is 6.17. The van der Waals surface area contributed by atoms with E-state index in [2.05, 4.69) is 93.6 Å². The number of fused-ring (bicyclic) bond motifs is 2. The van der Waals surface area contributed by atoms with Gasteiger partial charge in [0.2, 0.25) is 0 Å². The van der Waals surface area contributed by atoms with Crippen molar-refractivity contribution in [1.82, 2.24) is 9.80 Å². The average molecular weight is 384 g/mol. The predicted molar refractivity (Wildman–Crippen MR) is 120 cm³/mol. The molecule has 0 aromatic heterocycles. The first kappa shape index (κ1) is 18.4. The molecule has 0 N–H and O–H groups in total. The second-order valence-corrected chi connectivity index (χ2v) is 8.25. The quantitative estimate of drug-likeness (QED) is 0.624. The van der Waals surface area contributed by atoms with Crippen LogP contribution in [0.3, 0.4) is 0 Å². The summed E-state index contributed by atoms with van der Waals surface area (Å²) in [6.07, 6.45) is 3.46. The van der Waals surface area contributed by atoms with Gasteiger partial charge in [-0.25, -0.2) is 0 Å². The van der Waals surface area contributed by atoms with Crippen molar-refractivity contribution in [2.24, 2.45) is 0 Å². The van der Waals surface area contributed by atoms with Crippen molar-refractivity contribution < 1.29 is 0 Å². The summed E-state index contributed by atoms with van der Waals surface area (Å²) in [6.45, 7) is 5.34. The zero-order valence-electron chi connectivity index (χ0n) is 17.0. The van der Waals surface area contributed by atoms with E-state index in [0.717, 1.165) is 39.3 Å². The summed E-state index contributed by atoms with van der Waals surface area (Å²) in [7, 11) is 0. The second-order valence-electron chi connectivity index (χ2n) is 8.25. The van der Waals surface area contributed by atoms with E-state index in [1.807, 2.05) is 0 Å². The summed E-state index contributed by atoms with van der Waals surface area (Å²) in [6, 6.07) is 28.7. The number of benzene rings is 3. The number of hydrogen-bond acceptors (Lipinski definition) is 3. The van der Waals surface area contributed by atoms with Crippen LogP contribution in [-0.2, 0) is 19.4 Å². The number of rotatable bonds is 4. The van der Waals surface area contributed by atoms with Crippen LogP contribution >= 0.6 is 0 Å².